The molecule has 0 bridgehead atoms. The van der Waals surface area contributed by atoms with E-state index < -0.39 is 6.04 Å². The van der Waals surface area contributed by atoms with E-state index in [9.17, 15) is 9.59 Å². The first-order valence-electron chi connectivity index (χ1n) is 8.15. The van der Waals surface area contributed by atoms with Crippen molar-refractivity contribution in [2.24, 2.45) is 23.5 Å². The highest BCUT2D eigenvalue weighted by atomic mass is 16.2. The molecule has 0 aromatic rings. The predicted octanol–water partition coefficient (Wildman–Crippen LogP) is 1.42. The minimum absolute atomic E-state index is 0.0145. The smallest absolute Gasteiger partial charge is 0.239 e. The summed E-state index contributed by atoms with van der Waals surface area (Å²) in [6.07, 6.45) is 4.62. The number of amides is 2. The van der Waals surface area contributed by atoms with Gasteiger partial charge >= 0.3 is 0 Å². The number of carbonyl (C=O) groups is 2. The fraction of sp³-hybridized carbons (Fsp3) is 0.875. The monoisotopic (exact) mass is 297 g/mol. The number of rotatable bonds is 6. The van der Waals surface area contributed by atoms with Crippen LogP contribution >= 0.6 is 0 Å². The minimum atomic E-state index is -0.559. The molecule has 0 spiro atoms. The number of hydrogen-bond acceptors (Lipinski definition) is 3. The molecule has 2 amide bonds. The molecule has 0 heterocycles. The highest BCUT2D eigenvalue weighted by molar-refractivity contribution is 5.87. The van der Waals surface area contributed by atoms with Gasteiger partial charge in [0.25, 0.3) is 0 Å². The van der Waals surface area contributed by atoms with Gasteiger partial charge < -0.3 is 16.4 Å². The number of carbonyl (C=O) groups excluding carboxylic acids is 2. The van der Waals surface area contributed by atoms with E-state index in [2.05, 4.69) is 24.5 Å². The maximum Gasteiger partial charge on any atom is 0.239 e. The van der Waals surface area contributed by atoms with Crippen LogP contribution in [0.15, 0.2) is 0 Å². The molecule has 0 saturated heterocycles. The number of nitrogens with two attached hydrogens (primary N) is 1. The topological polar surface area (TPSA) is 84.2 Å². The first kappa shape index (κ1) is 18.0. The molecule has 4 N–H and O–H groups in total. The van der Waals surface area contributed by atoms with Gasteiger partial charge in [0, 0.05) is 6.04 Å². The van der Waals surface area contributed by atoms with Crippen LogP contribution in [0.2, 0.25) is 0 Å². The molecule has 5 nitrogen and oxygen atoms in total. The Kier molecular flexibility index (Phi) is 7.15. The fourth-order valence-electron chi connectivity index (χ4n) is 2.98. The molecule has 122 valence electrons. The highest BCUT2D eigenvalue weighted by Gasteiger charge is 2.28. The van der Waals surface area contributed by atoms with Crippen LogP contribution in [0.4, 0.5) is 0 Å². The summed E-state index contributed by atoms with van der Waals surface area (Å²) in [6.45, 7) is 8.21. The molecular formula is C16H31N3O2. The first-order chi connectivity index (χ1) is 9.82. The standard InChI is InChI=1S/C16H31N3O2/c1-10(2)12-7-5-6-8-13(12)19-14(20)9-18-16(21)15(17)11(3)4/h10-13,15H,5-9,17H2,1-4H3,(H,18,21)(H,19,20)/t12?,13?,15-/m0/s1. The summed E-state index contributed by atoms with van der Waals surface area (Å²) in [5.74, 6) is 0.800. The molecule has 1 rings (SSSR count). The Balaban J connectivity index is 2.40. The van der Waals surface area contributed by atoms with E-state index in [0.29, 0.717) is 11.8 Å². The Morgan fingerprint density at radius 1 is 1.14 bits per heavy atom. The molecule has 0 aromatic heterocycles. The van der Waals surface area contributed by atoms with E-state index >= 15 is 0 Å². The summed E-state index contributed by atoms with van der Waals surface area (Å²) in [5.41, 5.74) is 5.75. The van der Waals surface area contributed by atoms with Gasteiger partial charge in [-0.2, -0.15) is 0 Å². The lowest BCUT2D eigenvalue weighted by molar-refractivity contribution is -0.128. The van der Waals surface area contributed by atoms with Crippen LogP contribution in [0.3, 0.4) is 0 Å². The Labute approximate surface area is 128 Å². The summed E-state index contributed by atoms with van der Waals surface area (Å²) < 4.78 is 0. The van der Waals surface area contributed by atoms with Gasteiger partial charge in [0.2, 0.25) is 11.8 Å². The largest absolute Gasteiger partial charge is 0.352 e. The highest BCUT2D eigenvalue weighted by Crippen LogP contribution is 2.30. The Hall–Kier alpha value is -1.10. The number of nitrogens with one attached hydrogen (secondary N) is 2. The summed E-state index contributed by atoms with van der Waals surface area (Å²) in [5, 5.41) is 5.70. The second-order valence-corrected chi connectivity index (χ2v) is 6.85. The van der Waals surface area contributed by atoms with Crippen molar-refractivity contribution in [2.45, 2.75) is 65.5 Å². The molecule has 2 unspecified atom stereocenters. The summed E-state index contributed by atoms with van der Waals surface area (Å²) >= 11 is 0. The molecule has 0 radical (unpaired) electrons. The van der Waals surface area contributed by atoms with Gasteiger partial charge in [-0.25, -0.2) is 0 Å². The van der Waals surface area contributed by atoms with Crippen molar-refractivity contribution in [1.82, 2.24) is 10.6 Å². The maximum absolute atomic E-state index is 12.0. The Bertz CT molecular complexity index is 355. The first-order valence-corrected chi connectivity index (χ1v) is 8.15. The maximum atomic E-state index is 12.0. The van der Waals surface area contributed by atoms with Gasteiger partial charge in [-0.1, -0.05) is 40.5 Å². The van der Waals surface area contributed by atoms with Crippen molar-refractivity contribution in [1.29, 1.82) is 0 Å². The molecule has 1 saturated carbocycles. The lowest BCUT2D eigenvalue weighted by Gasteiger charge is -2.35. The summed E-state index contributed by atoms with van der Waals surface area (Å²) in [7, 11) is 0. The third-order valence-corrected chi connectivity index (χ3v) is 4.47. The van der Waals surface area contributed by atoms with Crippen LogP contribution in [0.1, 0.15) is 53.4 Å². The predicted molar refractivity (Wildman–Crippen MR) is 84.5 cm³/mol. The van der Waals surface area contributed by atoms with Crippen LogP contribution in [0, 0.1) is 17.8 Å². The molecule has 1 aliphatic rings. The molecule has 0 aliphatic heterocycles. The lowest BCUT2D eigenvalue weighted by Crippen LogP contribution is -2.50. The average Bonchev–Trinajstić information content (AvgIpc) is 2.44. The molecule has 0 aromatic carbocycles. The lowest BCUT2D eigenvalue weighted by atomic mass is 9.78. The Morgan fingerprint density at radius 2 is 1.76 bits per heavy atom. The summed E-state index contributed by atoms with van der Waals surface area (Å²) in [4.78, 5) is 23.7. The minimum Gasteiger partial charge on any atom is -0.352 e. The van der Waals surface area contributed by atoms with Crippen molar-refractivity contribution in [3.8, 4) is 0 Å². The van der Waals surface area contributed by atoms with Crippen molar-refractivity contribution < 1.29 is 9.59 Å². The van der Waals surface area contributed by atoms with Crippen LogP contribution in [0.5, 0.6) is 0 Å². The molecule has 1 fully saturated rings. The molecule has 1 aliphatic carbocycles. The van der Waals surface area contributed by atoms with E-state index in [1.54, 1.807) is 0 Å². The van der Waals surface area contributed by atoms with E-state index in [0.717, 1.165) is 6.42 Å². The van der Waals surface area contributed by atoms with E-state index in [1.807, 2.05) is 13.8 Å². The average molecular weight is 297 g/mol. The summed E-state index contributed by atoms with van der Waals surface area (Å²) in [6, 6.07) is -0.321. The van der Waals surface area contributed by atoms with Gasteiger partial charge in [-0.15, -0.1) is 0 Å². The Morgan fingerprint density at radius 3 is 2.33 bits per heavy atom. The molecule has 3 atom stereocenters. The van der Waals surface area contributed by atoms with E-state index in [4.69, 9.17) is 5.73 Å². The number of hydrogen-bond donors (Lipinski definition) is 3. The molecule has 5 heteroatoms. The normalized spacial score (nSPS) is 24.0. The van der Waals surface area contributed by atoms with Crippen molar-refractivity contribution in [3.63, 3.8) is 0 Å². The van der Waals surface area contributed by atoms with Crippen LogP contribution in [0.25, 0.3) is 0 Å². The van der Waals surface area contributed by atoms with Crippen molar-refractivity contribution in [3.05, 3.63) is 0 Å². The van der Waals surface area contributed by atoms with Crippen molar-refractivity contribution in [2.75, 3.05) is 6.54 Å². The second kappa shape index (κ2) is 8.37. The van der Waals surface area contributed by atoms with E-state index in [1.165, 1.54) is 19.3 Å². The van der Waals surface area contributed by atoms with Gasteiger partial charge in [-0.3, -0.25) is 9.59 Å². The van der Waals surface area contributed by atoms with Gasteiger partial charge in [0.15, 0.2) is 0 Å². The second-order valence-electron chi connectivity index (χ2n) is 6.85. The fourth-order valence-corrected chi connectivity index (χ4v) is 2.98. The zero-order valence-corrected chi connectivity index (χ0v) is 13.8. The SMILES string of the molecule is CC(C)C1CCCCC1NC(=O)CNC(=O)[C@@H](N)C(C)C. The molecular weight excluding hydrogens is 266 g/mol. The van der Waals surface area contributed by atoms with Crippen LogP contribution < -0.4 is 16.4 Å². The quantitative estimate of drug-likeness (QED) is 0.693. The third-order valence-electron chi connectivity index (χ3n) is 4.47. The van der Waals surface area contributed by atoms with Gasteiger partial charge in [0.1, 0.15) is 0 Å². The third kappa shape index (κ3) is 5.65. The van der Waals surface area contributed by atoms with Gasteiger partial charge in [0.05, 0.1) is 12.6 Å². The van der Waals surface area contributed by atoms with Crippen LogP contribution in [-0.4, -0.2) is 30.4 Å². The zero-order valence-electron chi connectivity index (χ0n) is 13.8. The van der Waals surface area contributed by atoms with Crippen LogP contribution in [-0.2, 0) is 9.59 Å². The zero-order chi connectivity index (χ0) is 16.0. The van der Waals surface area contributed by atoms with Crippen molar-refractivity contribution >= 4 is 11.8 Å². The van der Waals surface area contributed by atoms with E-state index in [-0.39, 0.29) is 30.3 Å². The molecule has 21 heavy (non-hydrogen) atoms. The van der Waals surface area contributed by atoms with Gasteiger partial charge in [-0.05, 0) is 30.6 Å².